The fraction of sp³-hybridized carbons (Fsp3) is 0. The average Bonchev–Trinajstić information content (AvgIpc) is 3.36. The van der Waals surface area contributed by atoms with E-state index in [4.69, 9.17) is 0 Å². The zero-order chi connectivity index (χ0) is 20.8. The normalized spacial score (nSPS) is 12.4. The van der Waals surface area contributed by atoms with Crippen molar-refractivity contribution < 1.29 is 0 Å². The van der Waals surface area contributed by atoms with Gasteiger partial charge in [0.25, 0.3) is 0 Å². The van der Waals surface area contributed by atoms with E-state index >= 15 is 0 Å². The van der Waals surface area contributed by atoms with Crippen molar-refractivity contribution in [2.24, 2.45) is 0 Å². The van der Waals surface area contributed by atoms with Gasteiger partial charge in [0.05, 0.1) is 0 Å². The summed E-state index contributed by atoms with van der Waals surface area (Å²) in [6.07, 6.45) is 0. The van der Waals surface area contributed by atoms with Gasteiger partial charge in [0.2, 0.25) is 0 Å². The maximum atomic E-state index is 2.42. The first-order valence-electron chi connectivity index (χ1n) is 11.2. The molecule has 32 heavy (non-hydrogen) atoms. The molecule has 0 atom stereocenters. The minimum Gasteiger partial charge on any atom is -0.0616 e. The van der Waals surface area contributed by atoms with Crippen LogP contribution in [0.2, 0.25) is 0 Å². The molecular formula is C32H18. The minimum atomic E-state index is 1.30. The van der Waals surface area contributed by atoms with Crippen molar-refractivity contribution in [3.05, 3.63) is 109 Å². The van der Waals surface area contributed by atoms with Crippen LogP contribution in [0.5, 0.6) is 0 Å². The second-order valence-corrected chi connectivity index (χ2v) is 8.91. The first kappa shape index (κ1) is 16.5. The molecule has 0 heterocycles. The van der Waals surface area contributed by atoms with Crippen molar-refractivity contribution in [1.29, 1.82) is 0 Å². The van der Waals surface area contributed by atoms with Crippen LogP contribution in [0, 0.1) is 0 Å². The molecule has 0 saturated carbocycles. The van der Waals surface area contributed by atoms with Crippen LogP contribution in [-0.2, 0) is 0 Å². The third-order valence-electron chi connectivity index (χ3n) is 7.33. The number of benzene rings is 6. The van der Waals surface area contributed by atoms with Crippen molar-refractivity contribution in [2.75, 3.05) is 0 Å². The predicted molar refractivity (Wildman–Crippen MR) is 136 cm³/mol. The largest absolute Gasteiger partial charge is 0.0616 e. The van der Waals surface area contributed by atoms with E-state index in [1.165, 1.54) is 77.2 Å². The summed E-state index contributed by atoms with van der Waals surface area (Å²) in [5.74, 6) is 0. The van der Waals surface area contributed by atoms with Gasteiger partial charge in [-0.3, -0.25) is 0 Å². The molecule has 0 nitrogen and oxygen atoms in total. The van der Waals surface area contributed by atoms with Crippen LogP contribution < -0.4 is 0 Å². The van der Waals surface area contributed by atoms with E-state index < -0.39 is 0 Å². The Balaban J connectivity index is 1.50. The Morgan fingerprint density at radius 2 is 0.906 bits per heavy atom. The molecule has 6 aromatic carbocycles. The topological polar surface area (TPSA) is 0 Å². The highest BCUT2D eigenvalue weighted by Crippen LogP contribution is 2.53. The molecule has 2 aliphatic carbocycles. The van der Waals surface area contributed by atoms with Crippen molar-refractivity contribution >= 4 is 21.5 Å². The van der Waals surface area contributed by atoms with E-state index in [0.29, 0.717) is 0 Å². The maximum absolute atomic E-state index is 2.42. The van der Waals surface area contributed by atoms with Gasteiger partial charge >= 0.3 is 0 Å². The highest BCUT2D eigenvalue weighted by molar-refractivity contribution is 6.21. The van der Waals surface area contributed by atoms with Crippen LogP contribution in [0.15, 0.2) is 109 Å². The smallest absolute Gasteiger partial charge is 0.00143 e. The van der Waals surface area contributed by atoms with Crippen molar-refractivity contribution in [2.45, 2.75) is 0 Å². The SMILES string of the molecule is c1ccc2c(c1)-c1cccc3cc(-c4ccc5cccc6c5c4-c4ccccc4-6)cc-2c13. The molecular weight excluding hydrogens is 384 g/mol. The Hall–Kier alpha value is -4.16. The summed E-state index contributed by atoms with van der Waals surface area (Å²) < 4.78 is 0. The predicted octanol–water partition coefficient (Wildman–Crippen LogP) is 8.95. The fourth-order valence-electron chi connectivity index (χ4n) is 6.03. The van der Waals surface area contributed by atoms with Gasteiger partial charge in [0.15, 0.2) is 0 Å². The zero-order valence-corrected chi connectivity index (χ0v) is 17.4. The molecule has 0 amide bonds. The summed E-state index contributed by atoms with van der Waals surface area (Å²) in [6.45, 7) is 0. The first-order chi connectivity index (χ1) is 15.9. The molecule has 0 aliphatic heterocycles. The Labute approximate surface area is 186 Å². The van der Waals surface area contributed by atoms with Gasteiger partial charge in [-0.2, -0.15) is 0 Å². The van der Waals surface area contributed by atoms with Gasteiger partial charge in [0.1, 0.15) is 0 Å². The van der Waals surface area contributed by atoms with E-state index in [1.54, 1.807) is 0 Å². The molecule has 0 radical (unpaired) electrons. The van der Waals surface area contributed by atoms with Gasteiger partial charge in [-0.1, -0.05) is 97.1 Å². The lowest BCUT2D eigenvalue weighted by atomic mass is 9.90. The molecule has 6 aromatic rings. The quantitative estimate of drug-likeness (QED) is 0.257. The Kier molecular flexibility index (Phi) is 2.97. The van der Waals surface area contributed by atoms with Gasteiger partial charge in [0, 0.05) is 0 Å². The van der Waals surface area contributed by atoms with E-state index in [9.17, 15) is 0 Å². The second kappa shape index (κ2) is 5.75. The number of hydrogen-bond donors (Lipinski definition) is 0. The Morgan fingerprint density at radius 3 is 1.69 bits per heavy atom. The van der Waals surface area contributed by atoms with Crippen LogP contribution in [0.25, 0.3) is 77.2 Å². The lowest BCUT2D eigenvalue weighted by Crippen LogP contribution is -1.86. The standard InChI is InChI=1S/C32H18/c1-2-10-24-23(9-1)26-13-6-8-20-17-21(18-29(24)30(20)26)22-16-15-19-7-5-14-27-25-11-3-4-12-28(25)32(22)31(19)27/h1-18H. The van der Waals surface area contributed by atoms with Crippen LogP contribution in [0.4, 0.5) is 0 Å². The first-order valence-corrected chi connectivity index (χ1v) is 11.2. The molecule has 0 saturated heterocycles. The Morgan fingerprint density at radius 1 is 0.312 bits per heavy atom. The monoisotopic (exact) mass is 402 g/mol. The molecule has 2 aliphatic rings. The number of fused-ring (bicyclic) bond motifs is 6. The minimum absolute atomic E-state index is 1.30. The van der Waals surface area contributed by atoms with E-state index in [0.717, 1.165) is 0 Å². The summed E-state index contributed by atoms with van der Waals surface area (Å²) in [5, 5.41) is 5.40. The van der Waals surface area contributed by atoms with Crippen LogP contribution in [0.1, 0.15) is 0 Å². The second-order valence-electron chi connectivity index (χ2n) is 8.91. The van der Waals surface area contributed by atoms with E-state index in [2.05, 4.69) is 109 Å². The maximum Gasteiger partial charge on any atom is -0.00143 e. The molecule has 8 rings (SSSR count). The zero-order valence-electron chi connectivity index (χ0n) is 17.4. The molecule has 146 valence electrons. The lowest BCUT2D eigenvalue weighted by Gasteiger charge is -2.13. The summed E-state index contributed by atoms with van der Waals surface area (Å²) in [4.78, 5) is 0. The highest BCUT2D eigenvalue weighted by atomic mass is 14.3. The fourth-order valence-corrected chi connectivity index (χ4v) is 6.03. The summed E-state index contributed by atoms with van der Waals surface area (Å²) in [5.41, 5.74) is 13.5. The van der Waals surface area contributed by atoms with Crippen LogP contribution in [0.3, 0.4) is 0 Å². The van der Waals surface area contributed by atoms with Gasteiger partial charge in [-0.15, -0.1) is 0 Å². The number of rotatable bonds is 1. The molecule has 0 unspecified atom stereocenters. The third-order valence-corrected chi connectivity index (χ3v) is 7.33. The molecule has 0 N–H and O–H groups in total. The molecule has 0 aromatic heterocycles. The molecule has 0 fully saturated rings. The van der Waals surface area contributed by atoms with E-state index in [-0.39, 0.29) is 0 Å². The Bertz CT molecular complexity index is 1770. The average molecular weight is 402 g/mol. The van der Waals surface area contributed by atoms with E-state index in [1.807, 2.05) is 0 Å². The van der Waals surface area contributed by atoms with Crippen molar-refractivity contribution in [3.63, 3.8) is 0 Å². The van der Waals surface area contributed by atoms with Gasteiger partial charge < -0.3 is 0 Å². The molecule has 0 heteroatoms. The molecule has 0 spiro atoms. The number of hydrogen-bond acceptors (Lipinski definition) is 0. The van der Waals surface area contributed by atoms with Crippen molar-refractivity contribution in [1.82, 2.24) is 0 Å². The summed E-state index contributed by atoms with van der Waals surface area (Å²) in [7, 11) is 0. The molecule has 0 bridgehead atoms. The van der Waals surface area contributed by atoms with Gasteiger partial charge in [-0.05, 0) is 89.3 Å². The summed E-state index contributed by atoms with van der Waals surface area (Å²) in [6, 6.07) is 40.5. The third kappa shape index (κ3) is 1.93. The summed E-state index contributed by atoms with van der Waals surface area (Å²) >= 11 is 0. The van der Waals surface area contributed by atoms with Gasteiger partial charge in [-0.25, -0.2) is 0 Å². The highest BCUT2D eigenvalue weighted by Gasteiger charge is 2.26. The van der Waals surface area contributed by atoms with Crippen molar-refractivity contribution in [3.8, 4) is 55.6 Å². The van der Waals surface area contributed by atoms with Crippen LogP contribution in [-0.4, -0.2) is 0 Å². The van der Waals surface area contributed by atoms with Crippen LogP contribution >= 0.6 is 0 Å². The lowest BCUT2D eigenvalue weighted by molar-refractivity contribution is 1.66.